The SMILES string of the molecule is CC(NC1CCN(C(=O)OC(C)(C)C)CC1)C(N)=O. The van der Waals surface area contributed by atoms with E-state index < -0.39 is 5.60 Å². The van der Waals surface area contributed by atoms with Crippen LogP contribution < -0.4 is 11.1 Å². The fourth-order valence-electron chi connectivity index (χ4n) is 1.99. The molecule has 0 spiro atoms. The first kappa shape index (κ1) is 15.8. The number of likely N-dealkylation sites (tertiary alicyclic amines) is 1. The molecule has 1 aliphatic heterocycles. The molecular weight excluding hydrogens is 246 g/mol. The van der Waals surface area contributed by atoms with E-state index in [0.717, 1.165) is 12.8 Å². The number of primary amides is 1. The number of piperidine rings is 1. The minimum atomic E-state index is -0.466. The largest absolute Gasteiger partial charge is 0.444 e. The summed E-state index contributed by atoms with van der Waals surface area (Å²) in [6.45, 7) is 8.59. The fraction of sp³-hybridized carbons (Fsp3) is 0.846. The van der Waals surface area contributed by atoms with Crippen molar-refractivity contribution >= 4 is 12.0 Å². The van der Waals surface area contributed by atoms with E-state index in [-0.39, 0.29) is 24.1 Å². The van der Waals surface area contributed by atoms with Gasteiger partial charge < -0.3 is 20.7 Å². The quantitative estimate of drug-likeness (QED) is 0.797. The Morgan fingerprint density at radius 1 is 1.32 bits per heavy atom. The summed E-state index contributed by atoms with van der Waals surface area (Å²) in [4.78, 5) is 24.5. The smallest absolute Gasteiger partial charge is 0.410 e. The molecule has 19 heavy (non-hydrogen) atoms. The normalized spacial score (nSPS) is 19.1. The average molecular weight is 271 g/mol. The summed E-state index contributed by atoms with van der Waals surface area (Å²) in [5, 5.41) is 3.17. The van der Waals surface area contributed by atoms with Gasteiger partial charge >= 0.3 is 6.09 Å². The summed E-state index contributed by atoms with van der Waals surface area (Å²) in [5.41, 5.74) is 4.75. The van der Waals surface area contributed by atoms with Crippen molar-refractivity contribution < 1.29 is 14.3 Å². The molecule has 3 N–H and O–H groups in total. The second kappa shape index (κ2) is 6.23. The first-order valence-electron chi connectivity index (χ1n) is 6.72. The molecule has 0 aliphatic carbocycles. The van der Waals surface area contributed by atoms with Gasteiger partial charge in [-0.05, 0) is 40.5 Å². The lowest BCUT2D eigenvalue weighted by molar-refractivity contribution is -0.119. The maximum atomic E-state index is 11.9. The van der Waals surface area contributed by atoms with Crippen LogP contribution in [0.3, 0.4) is 0 Å². The lowest BCUT2D eigenvalue weighted by atomic mass is 10.0. The summed E-state index contributed by atoms with van der Waals surface area (Å²) < 4.78 is 5.32. The van der Waals surface area contributed by atoms with Crippen LogP contribution >= 0.6 is 0 Å². The number of hydrogen-bond donors (Lipinski definition) is 2. The lowest BCUT2D eigenvalue weighted by Crippen LogP contribution is -2.50. The van der Waals surface area contributed by atoms with Crippen LogP contribution in [-0.2, 0) is 9.53 Å². The van der Waals surface area contributed by atoms with Gasteiger partial charge in [-0.25, -0.2) is 4.79 Å². The summed E-state index contributed by atoms with van der Waals surface area (Å²) in [7, 11) is 0. The molecule has 110 valence electrons. The first-order valence-corrected chi connectivity index (χ1v) is 6.72. The lowest BCUT2D eigenvalue weighted by Gasteiger charge is -2.34. The second-order valence-electron chi connectivity index (χ2n) is 6.03. The number of nitrogens with two attached hydrogens (primary N) is 1. The molecule has 6 heteroatoms. The van der Waals surface area contributed by atoms with Gasteiger partial charge in [-0.15, -0.1) is 0 Å². The zero-order chi connectivity index (χ0) is 14.6. The third kappa shape index (κ3) is 5.46. The van der Waals surface area contributed by atoms with Crippen molar-refractivity contribution in [2.45, 2.75) is 58.2 Å². The van der Waals surface area contributed by atoms with Crippen LogP contribution in [0.5, 0.6) is 0 Å². The molecule has 2 amide bonds. The van der Waals surface area contributed by atoms with Crippen LogP contribution in [0, 0.1) is 0 Å². The number of rotatable bonds is 3. The molecule has 0 aromatic rings. The number of hydrogen-bond acceptors (Lipinski definition) is 4. The van der Waals surface area contributed by atoms with Gasteiger partial charge in [0.05, 0.1) is 6.04 Å². The van der Waals surface area contributed by atoms with Crippen molar-refractivity contribution in [3.63, 3.8) is 0 Å². The Kier molecular flexibility index (Phi) is 5.17. The minimum Gasteiger partial charge on any atom is -0.444 e. The molecule has 0 aromatic carbocycles. The predicted octanol–water partition coefficient (Wildman–Crippen LogP) is 0.849. The van der Waals surface area contributed by atoms with Crippen molar-refractivity contribution in [2.24, 2.45) is 5.73 Å². The van der Waals surface area contributed by atoms with E-state index in [4.69, 9.17) is 10.5 Å². The molecule has 1 rings (SSSR count). The first-order chi connectivity index (χ1) is 8.69. The molecule has 1 aliphatic rings. The Hall–Kier alpha value is -1.30. The number of ether oxygens (including phenoxy) is 1. The van der Waals surface area contributed by atoms with Crippen LogP contribution in [0.2, 0.25) is 0 Å². The van der Waals surface area contributed by atoms with Crippen molar-refractivity contribution in [1.82, 2.24) is 10.2 Å². The Labute approximate surface area is 114 Å². The summed E-state index contributed by atoms with van der Waals surface area (Å²) in [6.07, 6.45) is 1.34. The summed E-state index contributed by atoms with van der Waals surface area (Å²) in [5.74, 6) is -0.352. The van der Waals surface area contributed by atoms with Crippen molar-refractivity contribution in [1.29, 1.82) is 0 Å². The third-order valence-electron chi connectivity index (χ3n) is 3.06. The molecule has 1 atom stereocenters. The Morgan fingerprint density at radius 3 is 2.26 bits per heavy atom. The number of carbonyl (C=O) groups is 2. The topological polar surface area (TPSA) is 84.7 Å². The molecule has 1 unspecified atom stereocenters. The molecule has 1 heterocycles. The molecular formula is C13H25N3O3. The van der Waals surface area contributed by atoms with Gasteiger partial charge in [0, 0.05) is 19.1 Å². The maximum absolute atomic E-state index is 11.9. The summed E-state index contributed by atoms with van der Waals surface area (Å²) in [6, 6.07) is -0.112. The van der Waals surface area contributed by atoms with E-state index in [1.165, 1.54) is 0 Å². The van der Waals surface area contributed by atoms with Crippen LogP contribution in [0.25, 0.3) is 0 Å². The van der Waals surface area contributed by atoms with E-state index in [0.29, 0.717) is 13.1 Å². The summed E-state index contributed by atoms with van der Waals surface area (Å²) >= 11 is 0. The standard InChI is InChI=1S/C13H25N3O3/c1-9(11(14)17)15-10-5-7-16(8-6-10)12(18)19-13(2,3)4/h9-10,15H,5-8H2,1-4H3,(H2,14,17). The van der Waals surface area contributed by atoms with Crippen LogP contribution in [0.15, 0.2) is 0 Å². The van der Waals surface area contributed by atoms with Crippen molar-refractivity contribution in [3.8, 4) is 0 Å². The van der Waals surface area contributed by atoms with E-state index in [2.05, 4.69) is 5.32 Å². The van der Waals surface area contributed by atoms with Crippen molar-refractivity contribution in [3.05, 3.63) is 0 Å². The van der Waals surface area contributed by atoms with E-state index in [1.54, 1.807) is 11.8 Å². The minimum absolute atomic E-state index is 0.223. The monoisotopic (exact) mass is 271 g/mol. The van der Waals surface area contributed by atoms with Gasteiger partial charge in [-0.3, -0.25) is 4.79 Å². The van der Waals surface area contributed by atoms with Gasteiger partial charge in [0.25, 0.3) is 0 Å². The highest BCUT2D eigenvalue weighted by Gasteiger charge is 2.27. The Morgan fingerprint density at radius 2 is 1.84 bits per heavy atom. The van der Waals surface area contributed by atoms with Crippen molar-refractivity contribution in [2.75, 3.05) is 13.1 Å². The van der Waals surface area contributed by atoms with Gasteiger partial charge in [0.2, 0.25) is 5.91 Å². The molecule has 1 saturated heterocycles. The zero-order valence-corrected chi connectivity index (χ0v) is 12.2. The molecule has 0 aromatic heterocycles. The van der Waals surface area contributed by atoms with E-state index in [9.17, 15) is 9.59 Å². The zero-order valence-electron chi connectivity index (χ0n) is 12.2. The fourth-order valence-corrected chi connectivity index (χ4v) is 1.99. The highest BCUT2D eigenvalue weighted by atomic mass is 16.6. The van der Waals surface area contributed by atoms with Gasteiger partial charge in [0.1, 0.15) is 5.60 Å². The van der Waals surface area contributed by atoms with E-state index in [1.807, 2.05) is 20.8 Å². The van der Waals surface area contributed by atoms with Crippen LogP contribution in [0.4, 0.5) is 4.79 Å². The Balaban J connectivity index is 2.36. The van der Waals surface area contributed by atoms with Crippen LogP contribution in [-0.4, -0.2) is 47.7 Å². The maximum Gasteiger partial charge on any atom is 0.410 e. The van der Waals surface area contributed by atoms with Gasteiger partial charge in [-0.1, -0.05) is 0 Å². The number of nitrogens with zero attached hydrogens (tertiary/aromatic N) is 1. The van der Waals surface area contributed by atoms with Gasteiger partial charge in [0.15, 0.2) is 0 Å². The highest BCUT2D eigenvalue weighted by molar-refractivity contribution is 5.79. The molecule has 6 nitrogen and oxygen atoms in total. The van der Waals surface area contributed by atoms with Gasteiger partial charge in [-0.2, -0.15) is 0 Å². The van der Waals surface area contributed by atoms with E-state index >= 15 is 0 Å². The second-order valence-corrected chi connectivity index (χ2v) is 6.03. The number of carbonyl (C=O) groups excluding carboxylic acids is 2. The average Bonchev–Trinajstić information content (AvgIpc) is 2.27. The highest BCUT2D eigenvalue weighted by Crippen LogP contribution is 2.15. The molecule has 0 saturated carbocycles. The molecule has 0 bridgehead atoms. The number of nitrogens with one attached hydrogen (secondary N) is 1. The number of amides is 2. The molecule has 1 fully saturated rings. The Bertz CT molecular complexity index is 331. The molecule has 0 radical (unpaired) electrons. The third-order valence-corrected chi connectivity index (χ3v) is 3.06. The van der Waals surface area contributed by atoms with Crippen LogP contribution in [0.1, 0.15) is 40.5 Å². The predicted molar refractivity (Wildman–Crippen MR) is 72.6 cm³/mol.